The number of hydrogen-bond acceptors (Lipinski definition) is 2. The molecule has 0 aliphatic carbocycles. The third-order valence-corrected chi connectivity index (χ3v) is 2.27. The quantitative estimate of drug-likeness (QED) is 0.728. The first kappa shape index (κ1) is 13.1. The minimum Gasteiger partial charge on any atom is -0.298 e. The topological polar surface area (TPSA) is 12.5 Å². The Hall–Kier alpha value is -0.930. The van der Waals surface area contributed by atoms with E-state index in [2.05, 4.69) is 20.8 Å². The number of rotatable bonds is 4. The molecule has 2 nitrogen and oxygen atoms in total. The molecule has 1 aromatic carbocycles. The number of hydrogen-bond donors (Lipinski definition) is 0. The van der Waals surface area contributed by atoms with Gasteiger partial charge in [0.15, 0.2) is 0 Å². The smallest absolute Gasteiger partial charge is 0.123 e. The fraction of sp³-hybridized carbons (Fsp3) is 0.538. The second-order valence-electron chi connectivity index (χ2n) is 4.75. The normalized spacial score (nSPS) is 12.1. The van der Waals surface area contributed by atoms with Crippen LogP contribution in [0.25, 0.3) is 0 Å². The van der Waals surface area contributed by atoms with Crippen molar-refractivity contribution in [2.24, 2.45) is 0 Å². The fourth-order valence-electron chi connectivity index (χ4n) is 1.39. The maximum atomic E-state index is 12.8. The van der Waals surface area contributed by atoms with E-state index in [-0.39, 0.29) is 11.4 Å². The van der Waals surface area contributed by atoms with E-state index >= 15 is 0 Å². The molecule has 3 heteroatoms. The lowest BCUT2D eigenvalue weighted by atomic mass is 10.1. The van der Waals surface area contributed by atoms with Gasteiger partial charge < -0.3 is 0 Å². The van der Waals surface area contributed by atoms with Crippen LogP contribution in [0.2, 0.25) is 0 Å². The van der Waals surface area contributed by atoms with Gasteiger partial charge in [-0.05, 0) is 45.4 Å². The molecule has 0 aliphatic rings. The van der Waals surface area contributed by atoms with Gasteiger partial charge in [-0.1, -0.05) is 12.1 Å². The van der Waals surface area contributed by atoms with Gasteiger partial charge in [-0.3, -0.25) is 4.84 Å². The zero-order valence-electron chi connectivity index (χ0n) is 10.5. The highest BCUT2D eigenvalue weighted by molar-refractivity contribution is 5.15. The standard InChI is InChI=1S/C13H20FNO/c1-5-16-15(13(2,3)4)10-11-6-8-12(14)9-7-11/h6-9H,5,10H2,1-4H3. The molecule has 0 amide bonds. The summed E-state index contributed by atoms with van der Waals surface area (Å²) >= 11 is 0. The lowest BCUT2D eigenvalue weighted by Crippen LogP contribution is -2.40. The predicted octanol–water partition coefficient (Wildman–Crippen LogP) is 3.38. The Labute approximate surface area is 97.0 Å². The van der Waals surface area contributed by atoms with Crippen LogP contribution in [0, 0.1) is 5.82 Å². The summed E-state index contributed by atoms with van der Waals surface area (Å²) in [6, 6.07) is 6.52. The average molecular weight is 225 g/mol. The molecule has 0 saturated carbocycles. The van der Waals surface area contributed by atoms with Crippen molar-refractivity contribution in [1.29, 1.82) is 0 Å². The first-order valence-electron chi connectivity index (χ1n) is 5.58. The van der Waals surface area contributed by atoms with E-state index in [0.717, 1.165) is 5.56 Å². The molecule has 90 valence electrons. The number of hydroxylamine groups is 2. The summed E-state index contributed by atoms with van der Waals surface area (Å²) in [6.07, 6.45) is 0. The molecular weight excluding hydrogens is 205 g/mol. The molecule has 0 spiro atoms. The summed E-state index contributed by atoms with van der Waals surface area (Å²) in [7, 11) is 0. The molecule has 0 radical (unpaired) electrons. The van der Waals surface area contributed by atoms with Crippen LogP contribution < -0.4 is 0 Å². The van der Waals surface area contributed by atoms with Gasteiger partial charge in [-0.2, -0.15) is 5.06 Å². The Morgan fingerprint density at radius 3 is 2.19 bits per heavy atom. The molecule has 0 aliphatic heterocycles. The van der Waals surface area contributed by atoms with Crippen molar-refractivity contribution in [2.75, 3.05) is 6.61 Å². The van der Waals surface area contributed by atoms with Crippen molar-refractivity contribution in [3.05, 3.63) is 35.6 Å². The molecule has 0 aromatic heterocycles. The van der Waals surface area contributed by atoms with Gasteiger partial charge in [0.25, 0.3) is 0 Å². The second-order valence-corrected chi connectivity index (χ2v) is 4.75. The summed E-state index contributed by atoms with van der Waals surface area (Å²) in [4.78, 5) is 5.58. The predicted molar refractivity (Wildman–Crippen MR) is 63.3 cm³/mol. The lowest BCUT2D eigenvalue weighted by molar-refractivity contribution is -0.213. The van der Waals surface area contributed by atoms with Crippen LogP contribution in [-0.2, 0) is 11.4 Å². The van der Waals surface area contributed by atoms with E-state index in [4.69, 9.17) is 4.84 Å². The van der Waals surface area contributed by atoms with E-state index < -0.39 is 0 Å². The fourth-order valence-corrected chi connectivity index (χ4v) is 1.39. The summed E-state index contributed by atoms with van der Waals surface area (Å²) in [6.45, 7) is 9.53. The molecule has 0 heterocycles. The van der Waals surface area contributed by atoms with Gasteiger partial charge in [0, 0.05) is 12.1 Å². The van der Waals surface area contributed by atoms with E-state index in [1.807, 2.05) is 12.0 Å². The summed E-state index contributed by atoms with van der Waals surface area (Å²) in [5.74, 6) is -0.206. The lowest BCUT2D eigenvalue weighted by Gasteiger charge is -2.34. The summed E-state index contributed by atoms with van der Waals surface area (Å²) < 4.78 is 12.8. The van der Waals surface area contributed by atoms with Crippen molar-refractivity contribution < 1.29 is 9.23 Å². The van der Waals surface area contributed by atoms with Crippen LogP contribution in [0.3, 0.4) is 0 Å². The van der Waals surface area contributed by atoms with Gasteiger partial charge in [0.05, 0.1) is 6.61 Å². The number of benzene rings is 1. The molecule has 1 aromatic rings. The van der Waals surface area contributed by atoms with Crippen LogP contribution in [0.15, 0.2) is 24.3 Å². The van der Waals surface area contributed by atoms with Crippen molar-refractivity contribution in [3.63, 3.8) is 0 Å². The SMILES string of the molecule is CCON(Cc1ccc(F)cc1)C(C)(C)C. The first-order valence-corrected chi connectivity index (χ1v) is 5.58. The highest BCUT2D eigenvalue weighted by Crippen LogP contribution is 2.17. The van der Waals surface area contributed by atoms with Gasteiger partial charge in [0.2, 0.25) is 0 Å². The molecule has 1 rings (SSSR count). The number of nitrogens with zero attached hydrogens (tertiary/aromatic N) is 1. The van der Waals surface area contributed by atoms with Crippen LogP contribution in [0.5, 0.6) is 0 Å². The minimum absolute atomic E-state index is 0.0651. The van der Waals surface area contributed by atoms with E-state index in [9.17, 15) is 4.39 Å². The molecular formula is C13H20FNO. The third-order valence-electron chi connectivity index (χ3n) is 2.27. The van der Waals surface area contributed by atoms with Crippen molar-refractivity contribution >= 4 is 0 Å². The molecule has 0 N–H and O–H groups in total. The Balaban J connectivity index is 2.72. The van der Waals surface area contributed by atoms with E-state index in [1.165, 1.54) is 12.1 Å². The van der Waals surface area contributed by atoms with Gasteiger partial charge >= 0.3 is 0 Å². The Kier molecular flexibility index (Phi) is 4.44. The summed E-state index contributed by atoms with van der Waals surface area (Å²) in [5, 5.41) is 1.92. The number of halogens is 1. The minimum atomic E-state index is -0.206. The van der Waals surface area contributed by atoms with Crippen LogP contribution >= 0.6 is 0 Å². The van der Waals surface area contributed by atoms with Crippen molar-refractivity contribution in [3.8, 4) is 0 Å². The maximum Gasteiger partial charge on any atom is 0.123 e. The highest BCUT2D eigenvalue weighted by Gasteiger charge is 2.21. The zero-order valence-corrected chi connectivity index (χ0v) is 10.5. The van der Waals surface area contributed by atoms with E-state index in [1.54, 1.807) is 12.1 Å². The highest BCUT2D eigenvalue weighted by atomic mass is 19.1. The Morgan fingerprint density at radius 1 is 1.19 bits per heavy atom. The summed E-state index contributed by atoms with van der Waals surface area (Å²) in [5.41, 5.74) is 0.981. The first-order chi connectivity index (χ1) is 7.43. The molecule has 0 unspecified atom stereocenters. The van der Waals surface area contributed by atoms with E-state index in [0.29, 0.717) is 13.2 Å². The maximum absolute atomic E-state index is 12.8. The third kappa shape index (κ3) is 3.91. The Morgan fingerprint density at radius 2 is 1.75 bits per heavy atom. The monoisotopic (exact) mass is 225 g/mol. The van der Waals surface area contributed by atoms with Gasteiger partial charge in [-0.15, -0.1) is 0 Å². The largest absolute Gasteiger partial charge is 0.298 e. The average Bonchev–Trinajstić information content (AvgIpc) is 2.19. The molecule has 0 atom stereocenters. The molecule has 0 saturated heterocycles. The van der Waals surface area contributed by atoms with Crippen LogP contribution in [0.4, 0.5) is 4.39 Å². The van der Waals surface area contributed by atoms with Crippen LogP contribution in [0.1, 0.15) is 33.3 Å². The molecule has 0 fully saturated rings. The second kappa shape index (κ2) is 5.41. The van der Waals surface area contributed by atoms with Crippen molar-refractivity contribution in [2.45, 2.75) is 39.8 Å². The molecule has 0 bridgehead atoms. The van der Waals surface area contributed by atoms with Crippen LogP contribution in [-0.4, -0.2) is 17.2 Å². The molecule has 16 heavy (non-hydrogen) atoms. The van der Waals surface area contributed by atoms with Crippen molar-refractivity contribution in [1.82, 2.24) is 5.06 Å². The zero-order chi connectivity index (χ0) is 12.2. The Bertz CT molecular complexity index is 316. The van der Waals surface area contributed by atoms with Gasteiger partial charge in [-0.25, -0.2) is 4.39 Å². The van der Waals surface area contributed by atoms with Gasteiger partial charge in [0.1, 0.15) is 5.82 Å².